The maximum Gasteiger partial charge on any atom is 0.336 e. The Bertz CT molecular complexity index is 1500. The highest BCUT2D eigenvalue weighted by Crippen LogP contribution is 2.43. The van der Waals surface area contributed by atoms with Gasteiger partial charge in [0.05, 0.1) is 11.7 Å². The Kier molecular flexibility index (Phi) is 5.37. The lowest BCUT2D eigenvalue weighted by Crippen LogP contribution is -2.58. The minimum atomic E-state index is -1.59. The molecule has 0 amide bonds. The van der Waals surface area contributed by atoms with Gasteiger partial charge in [0.2, 0.25) is 6.29 Å². The number of aliphatic hydroxyl groups excluding tert-OH is 3. The molecule has 0 aliphatic carbocycles. The van der Waals surface area contributed by atoms with Crippen molar-refractivity contribution in [3.05, 3.63) is 69.4 Å². The molecule has 2 aromatic carbocycles. The molecule has 0 radical (unpaired) electrons. The molecule has 10 heteroatoms. The van der Waals surface area contributed by atoms with Gasteiger partial charge in [-0.2, -0.15) is 0 Å². The van der Waals surface area contributed by atoms with Crippen LogP contribution in [0, 0.1) is 0 Å². The third kappa shape index (κ3) is 3.72. The van der Waals surface area contributed by atoms with Gasteiger partial charge in [-0.3, -0.25) is 0 Å². The summed E-state index contributed by atoms with van der Waals surface area (Å²) >= 11 is 0. The highest BCUT2D eigenvalue weighted by atomic mass is 16.7. The third-order valence-electron chi connectivity index (χ3n) is 5.81. The van der Waals surface area contributed by atoms with E-state index in [4.69, 9.17) is 18.3 Å². The molecule has 34 heavy (non-hydrogen) atoms. The molecule has 0 bridgehead atoms. The van der Waals surface area contributed by atoms with Gasteiger partial charge in [-0.05, 0) is 37.3 Å². The number of ether oxygens (including phenoxy) is 2. The Morgan fingerprint density at radius 3 is 2.26 bits per heavy atom. The summed E-state index contributed by atoms with van der Waals surface area (Å²) in [6.07, 6.45) is -6.64. The number of phenols is 1. The zero-order valence-corrected chi connectivity index (χ0v) is 17.7. The van der Waals surface area contributed by atoms with E-state index in [2.05, 4.69) is 0 Å². The average Bonchev–Trinajstić information content (AvgIpc) is 2.80. The van der Waals surface area contributed by atoms with Gasteiger partial charge in [-0.1, -0.05) is 0 Å². The number of rotatable bonds is 3. The molecule has 1 aliphatic heterocycles. The van der Waals surface area contributed by atoms with Crippen LogP contribution in [0.1, 0.15) is 6.92 Å². The Morgan fingerprint density at radius 1 is 0.824 bits per heavy atom. The van der Waals surface area contributed by atoms with Crippen LogP contribution in [0.3, 0.4) is 0 Å². The zero-order chi connectivity index (χ0) is 24.1. The first-order valence-corrected chi connectivity index (χ1v) is 10.4. The van der Waals surface area contributed by atoms with Crippen molar-refractivity contribution in [1.29, 1.82) is 0 Å². The summed E-state index contributed by atoms with van der Waals surface area (Å²) in [6, 6.07) is 11.5. The van der Waals surface area contributed by atoms with E-state index in [1.165, 1.54) is 43.3 Å². The first-order valence-electron chi connectivity index (χ1n) is 10.4. The molecule has 3 heterocycles. The van der Waals surface area contributed by atoms with Crippen LogP contribution in [0.25, 0.3) is 33.1 Å². The molecule has 4 aromatic rings. The number of aromatic hydroxyl groups is 1. The van der Waals surface area contributed by atoms with Gasteiger partial charge >= 0.3 is 11.3 Å². The molecule has 2 aromatic heterocycles. The van der Waals surface area contributed by atoms with Gasteiger partial charge in [-0.25, -0.2) is 9.59 Å². The van der Waals surface area contributed by atoms with E-state index in [9.17, 15) is 30.0 Å². The Morgan fingerprint density at radius 2 is 1.50 bits per heavy atom. The molecule has 0 saturated carbocycles. The number of hydrogen-bond donors (Lipinski definition) is 4. The maximum atomic E-state index is 12.0. The molecule has 4 N–H and O–H groups in total. The first-order chi connectivity index (χ1) is 16.2. The molecule has 1 fully saturated rings. The molecule has 5 atom stereocenters. The van der Waals surface area contributed by atoms with E-state index in [0.29, 0.717) is 10.8 Å². The third-order valence-corrected chi connectivity index (χ3v) is 5.81. The van der Waals surface area contributed by atoms with Crippen LogP contribution in [0.15, 0.2) is 67.0 Å². The number of hydrogen-bond acceptors (Lipinski definition) is 10. The smallest absolute Gasteiger partial charge is 0.336 e. The van der Waals surface area contributed by atoms with Crippen LogP contribution < -0.4 is 16.0 Å². The number of benzene rings is 2. The van der Waals surface area contributed by atoms with E-state index in [1.54, 1.807) is 12.1 Å². The van der Waals surface area contributed by atoms with Crippen LogP contribution >= 0.6 is 0 Å². The van der Waals surface area contributed by atoms with E-state index >= 15 is 0 Å². The molecule has 0 spiro atoms. The highest BCUT2D eigenvalue weighted by Gasteiger charge is 2.43. The van der Waals surface area contributed by atoms with Gasteiger partial charge in [0, 0.05) is 34.5 Å². The predicted octanol–water partition coefficient (Wildman–Crippen LogP) is 1.48. The minimum absolute atomic E-state index is 0.0636. The van der Waals surface area contributed by atoms with Crippen molar-refractivity contribution in [1.82, 2.24) is 0 Å². The second kappa shape index (κ2) is 8.26. The second-order valence-corrected chi connectivity index (χ2v) is 8.07. The molecule has 1 saturated heterocycles. The standard InChI is InChI=1S/C24H20O10/c1-10-20(28)21(29)22(30)24(31-10)33-15-5-2-11-3-6-18(27)34-23(11)19(15)13-8-12-4-7-17(26)32-16(12)9-14(13)25/h2-10,20-22,24-25,28-30H,1H3. The Hall–Kier alpha value is -3.70. The van der Waals surface area contributed by atoms with Crippen LogP contribution in [0.2, 0.25) is 0 Å². The summed E-state index contributed by atoms with van der Waals surface area (Å²) in [5, 5.41) is 42.3. The normalized spacial score (nSPS) is 25.0. The zero-order valence-electron chi connectivity index (χ0n) is 17.7. The summed E-state index contributed by atoms with van der Waals surface area (Å²) in [4.78, 5) is 23.6. The largest absolute Gasteiger partial charge is 0.507 e. The van der Waals surface area contributed by atoms with Crippen molar-refractivity contribution < 1.29 is 38.7 Å². The fourth-order valence-corrected chi connectivity index (χ4v) is 4.01. The van der Waals surface area contributed by atoms with Crippen molar-refractivity contribution in [3.8, 4) is 22.6 Å². The number of fused-ring (bicyclic) bond motifs is 2. The molecule has 176 valence electrons. The first kappa shape index (κ1) is 22.1. The molecule has 5 unspecified atom stereocenters. The van der Waals surface area contributed by atoms with Crippen molar-refractivity contribution >= 4 is 21.9 Å². The predicted molar refractivity (Wildman–Crippen MR) is 119 cm³/mol. The van der Waals surface area contributed by atoms with Gasteiger partial charge in [0.1, 0.15) is 41.0 Å². The lowest BCUT2D eigenvalue weighted by molar-refractivity contribution is -0.268. The van der Waals surface area contributed by atoms with Crippen LogP contribution in [0.5, 0.6) is 11.5 Å². The van der Waals surface area contributed by atoms with Crippen molar-refractivity contribution in [2.75, 3.05) is 0 Å². The molecule has 10 nitrogen and oxygen atoms in total. The van der Waals surface area contributed by atoms with Crippen LogP contribution in [0.4, 0.5) is 0 Å². The summed E-state index contributed by atoms with van der Waals surface area (Å²) in [5.41, 5.74) is -0.623. The molecule has 1 aliphatic rings. The van der Waals surface area contributed by atoms with Crippen molar-refractivity contribution in [3.63, 3.8) is 0 Å². The molecular formula is C24H20O10. The van der Waals surface area contributed by atoms with Gasteiger partial charge in [0.15, 0.2) is 0 Å². The van der Waals surface area contributed by atoms with Crippen molar-refractivity contribution in [2.24, 2.45) is 0 Å². The van der Waals surface area contributed by atoms with E-state index < -0.39 is 42.0 Å². The fraction of sp³-hybridized carbons (Fsp3) is 0.250. The van der Waals surface area contributed by atoms with E-state index in [0.717, 1.165) is 0 Å². The average molecular weight is 468 g/mol. The minimum Gasteiger partial charge on any atom is -0.507 e. The summed E-state index contributed by atoms with van der Waals surface area (Å²) in [6.45, 7) is 1.51. The number of aliphatic hydroxyl groups is 3. The highest BCUT2D eigenvalue weighted by molar-refractivity contribution is 5.99. The summed E-state index contributed by atoms with van der Waals surface area (Å²) in [5.74, 6) is -0.228. The number of phenolic OH excluding ortho intramolecular Hbond substituents is 1. The lowest BCUT2D eigenvalue weighted by atomic mass is 9.98. The molecule has 5 rings (SSSR count). The SMILES string of the molecule is CC1OC(Oc2ccc3ccc(=O)oc3c2-c2cc3ccc(=O)oc3cc2O)C(O)C(O)C1O. The fourth-order valence-electron chi connectivity index (χ4n) is 4.01. The van der Waals surface area contributed by atoms with Crippen LogP contribution in [-0.2, 0) is 4.74 Å². The van der Waals surface area contributed by atoms with Crippen molar-refractivity contribution in [2.45, 2.75) is 37.6 Å². The van der Waals surface area contributed by atoms with Crippen LogP contribution in [-0.4, -0.2) is 51.1 Å². The van der Waals surface area contributed by atoms with E-state index in [1.807, 2.05) is 0 Å². The van der Waals surface area contributed by atoms with Gasteiger partial charge < -0.3 is 38.7 Å². The lowest BCUT2D eigenvalue weighted by Gasteiger charge is -2.39. The quantitative estimate of drug-likeness (QED) is 0.324. The van der Waals surface area contributed by atoms with E-state index in [-0.39, 0.29) is 33.8 Å². The summed E-state index contributed by atoms with van der Waals surface area (Å²) < 4.78 is 22.0. The monoisotopic (exact) mass is 468 g/mol. The van der Waals surface area contributed by atoms with Gasteiger partial charge in [0.25, 0.3) is 0 Å². The topological polar surface area (TPSA) is 160 Å². The second-order valence-electron chi connectivity index (χ2n) is 8.07. The molecular weight excluding hydrogens is 448 g/mol. The Labute approximate surface area is 190 Å². The van der Waals surface area contributed by atoms with Gasteiger partial charge in [-0.15, -0.1) is 0 Å². The summed E-state index contributed by atoms with van der Waals surface area (Å²) in [7, 11) is 0. The Balaban J connectivity index is 1.71. The maximum absolute atomic E-state index is 12.0.